The van der Waals surface area contributed by atoms with Crippen LogP contribution in [0.25, 0.3) is 0 Å². The number of nitrogens with zero attached hydrogens (tertiary/aromatic N) is 2. The first-order chi connectivity index (χ1) is 16.5. The molecule has 0 aliphatic rings. The van der Waals surface area contributed by atoms with Crippen molar-refractivity contribution in [3.05, 3.63) is 95.3 Å². The van der Waals surface area contributed by atoms with Crippen molar-refractivity contribution in [2.45, 2.75) is 40.3 Å². The highest BCUT2D eigenvalue weighted by atomic mass is 19.1. The number of nitrogens with one attached hydrogen (secondary N) is 1. The number of amides is 2. The lowest BCUT2D eigenvalue weighted by Crippen LogP contribution is -2.40. The molecule has 0 aliphatic carbocycles. The standard InChI is InChI=1S/C29H34FN3O2/c1-20(21-11-8-7-9-12-21)33(28(35)29(2,3)4)19-23-18-25(15-16-26(23)32(5)6)31-27(34)22-13-10-14-24(30)17-22/h7-18,20H,19H2,1-6H3,(H,31,34). The lowest BCUT2D eigenvalue weighted by Gasteiger charge is -2.35. The van der Waals surface area contributed by atoms with E-state index in [2.05, 4.69) is 5.32 Å². The Morgan fingerprint density at radius 2 is 1.63 bits per heavy atom. The monoisotopic (exact) mass is 475 g/mol. The number of carbonyl (C=O) groups is 2. The molecular formula is C29H34FN3O2. The molecule has 5 nitrogen and oxygen atoms in total. The zero-order valence-corrected chi connectivity index (χ0v) is 21.3. The molecule has 0 aromatic heterocycles. The van der Waals surface area contributed by atoms with E-state index in [0.717, 1.165) is 16.8 Å². The van der Waals surface area contributed by atoms with Crippen molar-refractivity contribution < 1.29 is 14.0 Å². The largest absolute Gasteiger partial charge is 0.377 e. The molecule has 0 saturated heterocycles. The number of hydrogen-bond donors (Lipinski definition) is 1. The van der Waals surface area contributed by atoms with Crippen LogP contribution in [0.5, 0.6) is 0 Å². The van der Waals surface area contributed by atoms with Gasteiger partial charge in [-0.05, 0) is 54.4 Å². The molecule has 3 rings (SSSR count). The highest BCUT2D eigenvalue weighted by Crippen LogP contribution is 2.32. The molecule has 3 aromatic carbocycles. The Kier molecular flexibility index (Phi) is 7.95. The number of anilines is 2. The Bertz CT molecular complexity index is 1190. The molecule has 35 heavy (non-hydrogen) atoms. The van der Waals surface area contributed by atoms with Crippen molar-refractivity contribution in [3.8, 4) is 0 Å². The number of halogens is 1. The van der Waals surface area contributed by atoms with Gasteiger partial charge in [0.05, 0.1) is 6.04 Å². The summed E-state index contributed by atoms with van der Waals surface area (Å²) in [5.41, 5.74) is 3.14. The summed E-state index contributed by atoms with van der Waals surface area (Å²) in [6.07, 6.45) is 0. The highest BCUT2D eigenvalue weighted by Gasteiger charge is 2.31. The minimum absolute atomic E-state index is 0.0350. The molecule has 0 radical (unpaired) electrons. The Hall–Kier alpha value is -3.67. The first-order valence-electron chi connectivity index (χ1n) is 11.7. The van der Waals surface area contributed by atoms with Gasteiger partial charge in [-0.15, -0.1) is 0 Å². The molecule has 0 saturated carbocycles. The molecule has 184 valence electrons. The fourth-order valence-electron chi connectivity index (χ4n) is 3.97. The van der Waals surface area contributed by atoms with E-state index in [9.17, 15) is 14.0 Å². The third-order valence-electron chi connectivity index (χ3n) is 5.90. The lowest BCUT2D eigenvalue weighted by molar-refractivity contribution is -0.142. The van der Waals surface area contributed by atoms with Gasteiger partial charge in [0.2, 0.25) is 5.91 Å². The maximum atomic E-state index is 13.6. The van der Waals surface area contributed by atoms with Crippen LogP contribution in [0, 0.1) is 11.2 Å². The number of carbonyl (C=O) groups excluding carboxylic acids is 2. The smallest absolute Gasteiger partial charge is 0.255 e. The fraction of sp³-hybridized carbons (Fsp3) is 0.310. The second kappa shape index (κ2) is 10.7. The second-order valence-electron chi connectivity index (χ2n) is 9.97. The predicted octanol–water partition coefficient (Wildman–Crippen LogP) is 6.28. The van der Waals surface area contributed by atoms with Gasteiger partial charge >= 0.3 is 0 Å². The van der Waals surface area contributed by atoms with Crippen LogP contribution in [0.15, 0.2) is 72.8 Å². The van der Waals surface area contributed by atoms with Crippen LogP contribution in [0.4, 0.5) is 15.8 Å². The zero-order chi connectivity index (χ0) is 25.8. The van der Waals surface area contributed by atoms with Crippen molar-refractivity contribution in [3.63, 3.8) is 0 Å². The SMILES string of the molecule is CC(c1ccccc1)N(Cc1cc(NC(=O)c2cccc(F)c2)ccc1N(C)C)C(=O)C(C)(C)C. The van der Waals surface area contributed by atoms with Crippen LogP contribution in [-0.2, 0) is 11.3 Å². The second-order valence-corrected chi connectivity index (χ2v) is 9.97. The summed E-state index contributed by atoms with van der Waals surface area (Å²) in [4.78, 5) is 30.1. The molecular weight excluding hydrogens is 441 g/mol. The Morgan fingerprint density at radius 1 is 0.943 bits per heavy atom. The van der Waals surface area contributed by atoms with Crippen molar-refractivity contribution in [1.29, 1.82) is 0 Å². The maximum Gasteiger partial charge on any atom is 0.255 e. The minimum Gasteiger partial charge on any atom is -0.377 e. The third-order valence-corrected chi connectivity index (χ3v) is 5.90. The van der Waals surface area contributed by atoms with Gasteiger partial charge in [0.25, 0.3) is 5.91 Å². The van der Waals surface area contributed by atoms with Gasteiger partial charge in [0.1, 0.15) is 5.82 Å². The normalized spacial score (nSPS) is 12.1. The summed E-state index contributed by atoms with van der Waals surface area (Å²) in [5.74, 6) is -0.825. The van der Waals surface area contributed by atoms with Gasteiger partial charge in [-0.3, -0.25) is 9.59 Å². The van der Waals surface area contributed by atoms with Gasteiger partial charge in [-0.1, -0.05) is 57.2 Å². The summed E-state index contributed by atoms with van der Waals surface area (Å²) in [7, 11) is 3.89. The summed E-state index contributed by atoms with van der Waals surface area (Å²) in [6.45, 7) is 8.15. The Morgan fingerprint density at radius 3 is 2.23 bits per heavy atom. The van der Waals surface area contributed by atoms with E-state index in [0.29, 0.717) is 12.2 Å². The van der Waals surface area contributed by atoms with Crippen molar-refractivity contribution in [2.75, 3.05) is 24.3 Å². The van der Waals surface area contributed by atoms with E-state index < -0.39 is 17.1 Å². The van der Waals surface area contributed by atoms with Crippen molar-refractivity contribution in [1.82, 2.24) is 4.90 Å². The molecule has 0 fully saturated rings. The van der Waals surface area contributed by atoms with Gasteiger partial charge in [0.15, 0.2) is 0 Å². The number of hydrogen-bond acceptors (Lipinski definition) is 3. The average molecular weight is 476 g/mol. The van der Waals surface area contributed by atoms with Crippen LogP contribution >= 0.6 is 0 Å². The van der Waals surface area contributed by atoms with E-state index in [1.807, 2.05) is 100 Å². The summed E-state index contributed by atoms with van der Waals surface area (Å²) in [5, 5.41) is 2.86. The fourth-order valence-corrected chi connectivity index (χ4v) is 3.97. The molecule has 1 N–H and O–H groups in total. The van der Waals surface area contributed by atoms with Crippen molar-refractivity contribution in [2.24, 2.45) is 5.41 Å². The molecule has 1 unspecified atom stereocenters. The average Bonchev–Trinajstić information content (AvgIpc) is 2.81. The van der Waals surface area contributed by atoms with E-state index in [4.69, 9.17) is 0 Å². The van der Waals surface area contributed by atoms with E-state index in [1.165, 1.54) is 18.2 Å². The maximum absolute atomic E-state index is 13.6. The van der Waals surface area contributed by atoms with E-state index in [-0.39, 0.29) is 17.5 Å². The first-order valence-corrected chi connectivity index (χ1v) is 11.7. The molecule has 0 heterocycles. The first kappa shape index (κ1) is 25.9. The number of rotatable bonds is 7. The Labute approximate surface area is 207 Å². The van der Waals surface area contributed by atoms with E-state index in [1.54, 1.807) is 6.07 Å². The summed E-state index contributed by atoms with van der Waals surface area (Å²) < 4.78 is 13.6. The summed E-state index contributed by atoms with van der Waals surface area (Å²) in [6, 6.07) is 21.0. The van der Waals surface area contributed by atoms with Gasteiger partial charge in [-0.25, -0.2) is 4.39 Å². The van der Waals surface area contributed by atoms with Crippen LogP contribution in [0.2, 0.25) is 0 Å². The predicted molar refractivity (Wildman–Crippen MR) is 140 cm³/mol. The molecule has 0 aliphatic heterocycles. The van der Waals surface area contributed by atoms with Gasteiger partial charge in [-0.2, -0.15) is 0 Å². The van der Waals surface area contributed by atoms with Gasteiger partial charge < -0.3 is 15.1 Å². The summed E-state index contributed by atoms with van der Waals surface area (Å²) >= 11 is 0. The third kappa shape index (κ3) is 6.47. The van der Waals surface area contributed by atoms with Crippen molar-refractivity contribution >= 4 is 23.2 Å². The topological polar surface area (TPSA) is 52.7 Å². The zero-order valence-electron chi connectivity index (χ0n) is 21.3. The molecule has 6 heteroatoms. The molecule has 0 spiro atoms. The van der Waals surface area contributed by atoms with E-state index >= 15 is 0 Å². The van der Waals surface area contributed by atoms with Crippen LogP contribution in [0.1, 0.15) is 55.2 Å². The number of benzene rings is 3. The molecule has 2 amide bonds. The lowest BCUT2D eigenvalue weighted by atomic mass is 9.92. The van der Waals surface area contributed by atoms with Crippen LogP contribution in [-0.4, -0.2) is 30.8 Å². The molecule has 3 aromatic rings. The Balaban J connectivity index is 1.97. The van der Waals surface area contributed by atoms with Crippen LogP contribution < -0.4 is 10.2 Å². The molecule has 0 bridgehead atoms. The quantitative estimate of drug-likeness (QED) is 0.438. The van der Waals surface area contributed by atoms with Gasteiger partial charge in [0, 0.05) is 43.0 Å². The molecule has 1 atom stereocenters. The van der Waals surface area contributed by atoms with Crippen LogP contribution in [0.3, 0.4) is 0 Å². The minimum atomic E-state index is -0.565. The highest BCUT2D eigenvalue weighted by molar-refractivity contribution is 6.04.